The van der Waals surface area contributed by atoms with Gasteiger partial charge in [-0.25, -0.2) is 9.97 Å². The van der Waals surface area contributed by atoms with Gasteiger partial charge in [0.05, 0.1) is 31.8 Å². The summed E-state index contributed by atoms with van der Waals surface area (Å²) in [7, 11) is 0. The lowest BCUT2D eigenvalue weighted by molar-refractivity contribution is -0.164. The zero-order valence-corrected chi connectivity index (χ0v) is 12.9. The standard InChI is InChI=1S/C14H17N5O4/c1-3-22-11(20)14(12(21)23-4-2)5-9(14)19-7-17-8-6-16-13(15)18-10(8)19/h6-7,9H,3-5H2,1-2H3,(H2,15,16,18). The lowest BCUT2D eigenvalue weighted by Crippen LogP contribution is -2.32. The number of nitrogens with two attached hydrogens (primary N) is 1. The largest absolute Gasteiger partial charge is 0.465 e. The fourth-order valence-electron chi connectivity index (χ4n) is 2.69. The highest BCUT2D eigenvalue weighted by atomic mass is 16.6. The number of nitrogens with zero attached hydrogens (tertiary/aromatic N) is 4. The highest BCUT2D eigenvalue weighted by Gasteiger charge is 2.69. The van der Waals surface area contributed by atoms with Crippen LogP contribution in [0, 0.1) is 5.41 Å². The number of rotatable bonds is 5. The van der Waals surface area contributed by atoms with Crippen molar-refractivity contribution in [3.63, 3.8) is 0 Å². The van der Waals surface area contributed by atoms with Crippen molar-refractivity contribution in [2.24, 2.45) is 5.41 Å². The van der Waals surface area contributed by atoms with E-state index >= 15 is 0 Å². The van der Waals surface area contributed by atoms with Crippen LogP contribution in [0.2, 0.25) is 0 Å². The first-order valence-corrected chi connectivity index (χ1v) is 7.34. The smallest absolute Gasteiger partial charge is 0.325 e. The second kappa shape index (κ2) is 5.49. The monoisotopic (exact) mass is 319 g/mol. The van der Waals surface area contributed by atoms with Crippen LogP contribution in [-0.4, -0.2) is 44.7 Å². The first kappa shape index (κ1) is 15.2. The molecule has 0 saturated heterocycles. The van der Waals surface area contributed by atoms with Crippen molar-refractivity contribution >= 4 is 29.1 Å². The van der Waals surface area contributed by atoms with E-state index in [0.717, 1.165) is 0 Å². The van der Waals surface area contributed by atoms with E-state index in [2.05, 4.69) is 15.0 Å². The van der Waals surface area contributed by atoms with Crippen LogP contribution in [0.4, 0.5) is 5.95 Å². The van der Waals surface area contributed by atoms with Crippen molar-refractivity contribution in [3.05, 3.63) is 12.5 Å². The molecule has 1 fully saturated rings. The van der Waals surface area contributed by atoms with Crippen LogP contribution in [0.3, 0.4) is 0 Å². The van der Waals surface area contributed by atoms with E-state index in [0.29, 0.717) is 11.2 Å². The minimum absolute atomic E-state index is 0.0952. The maximum Gasteiger partial charge on any atom is 0.325 e. The van der Waals surface area contributed by atoms with Gasteiger partial charge in [-0.05, 0) is 20.3 Å². The van der Waals surface area contributed by atoms with E-state index in [1.165, 1.54) is 12.5 Å². The molecule has 0 radical (unpaired) electrons. The Kier molecular flexibility index (Phi) is 3.63. The van der Waals surface area contributed by atoms with E-state index in [9.17, 15) is 9.59 Å². The summed E-state index contributed by atoms with van der Waals surface area (Å²) in [6.45, 7) is 3.75. The highest BCUT2D eigenvalue weighted by Crippen LogP contribution is 2.58. The van der Waals surface area contributed by atoms with Gasteiger partial charge in [0.2, 0.25) is 5.95 Å². The van der Waals surface area contributed by atoms with Crippen molar-refractivity contribution < 1.29 is 19.1 Å². The summed E-state index contributed by atoms with van der Waals surface area (Å²) in [4.78, 5) is 36.9. The maximum atomic E-state index is 12.3. The van der Waals surface area contributed by atoms with E-state index in [4.69, 9.17) is 15.2 Å². The number of fused-ring (bicyclic) bond motifs is 1. The first-order valence-electron chi connectivity index (χ1n) is 7.34. The minimum atomic E-state index is -1.35. The number of imidazole rings is 1. The average Bonchev–Trinajstić information content (AvgIpc) is 3.15. The van der Waals surface area contributed by atoms with Crippen LogP contribution < -0.4 is 5.73 Å². The van der Waals surface area contributed by atoms with Gasteiger partial charge in [-0.15, -0.1) is 0 Å². The third kappa shape index (κ3) is 2.28. The molecule has 2 heterocycles. The average molecular weight is 319 g/mol. The second-order valence-electron chi connectivity index (χ2n) is 5.22. The second-order valence-corrected chi connectivity index (χ2v) is 5.22. The van der Waals surface area contributed by atoms with Crippen LogP contribution in [0.15, 0.2) is 12.5 Å². The molecule has 0 aliphatic heterocycles. The summed E-state index contributed by atoms with van der Waals surface area (Å²) < 4.78 is 11.8. The van der Waals surface area contributed by atoms with Gasteiger partial charge in [0.15, 0.2) is 11.1 Å². The molecule has 122 valence electrons. The molecule has 1 aliphatic carbocycles. The molecule has 2 N–H and O–H groups in total. The molecule has 1 aliphatic rings. The van der Waals surface area contributed by atoms with Crippen LogP contribution in [0.5, 0.6) is 0 Å². The van der Waals surface area contributed by atoms with Gasteiger partial charge in [0.1, 0.15) is 5.52 Å². The number of ether oxygens (including phenoxy) is 2. The summed E-state index contributed by atoms with van der Waals surface area (Å²) in [5.41, 5.74) is 5.27. The molecule has 0 bridgehead atoms. The predicted molar refractivity (Wildman–Crippen MR) is 79.1 cm³/mol. The molecule has 2 aromatic heterocycles. The van der Waals surface area contributed by atoms with E-state index in [-0.39, 0.29) is 25.6 Å². The number of carbonyl (C=O) groups excluding carboxylic acids is 2. The molecule has 0 amide bonds. The van der Waals surface area contributed by atoms with Gasteiger partial charge in [0, 0.05) is 0 Å². The lowest BCUT2D eigenvalue weighted by atomic mass is 10.1. The fourth-order valence-corrected chi connectivity index (χ4v) is 2.69. The summed E-state index contributed by atoms with van der Waals surface area (Å²) in [5, 5.41) is 0. The van der Waals surface area contributed by atoms with Crippen molar-refractivity contribution in [3.8, 4) is 0 Å². The summed E-state index contributed by atoms with van der Waals surface area (Å²) >= 11 is 0. The maximum absolute atomic E-state index is 12.3. The minimum Gasteiger partial charge on any atom is -0.465 e. The number of anilines is 1. The highest BCUT2D eigenvalue weighted by molar-refractivity contribution is 6.04. The molecule has 0 spiro atoms. The van der Waals surface area contributed by atoms with Gasteiger partial charge in [-0.3, -0.25) is 9.59 Å². The first-order chi connectivity index (χ1) is 11.0. The van der Waals surface area contributed by atoms with Gasteiger partial charge in [0.25, 0.3) is 0 Å². The topological polar surface area (TPSA) is 122 Å². The Morgan fingerprint density at radius 2 is 1.96 bits per heavy atom. The third-order valence-electron chi connectivity index (χ3n) is 3.87. The Morgan fingerprint density at radius 1 is 1.30 bits per heavy atom. The van der Waals surface area contributed by atoms with Crippen molar-refractivity contribution in [1.29, 1.82) is 0 Å². The zero-order valence-electron chi connectivity index (χ0n) is 12.9. The number of hydrogen-bond acceptors (Lipinski definition) is 8. The lowest BCUT2D eigenvalue weighted by Gasteiger charge is -2.15. The van der Waals surface area contributed by atoms with Gasteiger partial charge in [-0.1, -0.05) is 0 Å². The molecule has 1 atom stereocenters. The summed E-state index contributed by atoms with van der Waals surface area (Å²) in [6.07, 6.45) is 3.29. The SMILES string of the molecule is CCOC(=O)C1(C(=O)OCC)CC1n1cnc2cnc(N)nc21. The summed E-state index contributed by atoms with van der Waals surface area (Å²) in [5.74, 6) is -1.09. The van der Waals surface area contributed by atoms with Crippen LogP contribution in [-0.2, 0) is 19.1 Å². The van der Waals surface area contributed by atoms with E-state index in [1.807, 2.05) is 0 Å². The molecule has 9 heteroatoms. The van der Waals surface area contributed by atoms with E-state index < -0.39 is 23.4 Å². The Hall–Kier alpha value is -2.71. The molecule has 3 rings (SSSR count). The quantitative estimate of drug-likeness (QED) is 0.623. The number of hydrogen-bond donors (Lipinski definition) is 1. The van der Waals surface area contributed by atoms with Crippen molar-refractivity contribution in [2.75, 3.05) is 18.9 Å². The van der Waals surface area contributed by atoms with Crippen molar-refractivity contribution in [1.82, 2.24) is 19.5 Å². The molecule has 9 nitrogen and oxygen atoms in total. The molecule has 1 unspecified atom stereocenters. The van der Waals surface area contributed by atoms with Gasteiger partial charge in [-0.2, -0.15) is 4.98 Å². The molecule has 2 aromatic rings. The predicted octanol–water partition coefficient (Wildman–Crippen LogP) is 0.466. The van der Waals surface area contributed by atoms with Gasteiger partial charge < -0.3 is 19.8 Å². The number of carbonyl (C=O) groups is 2. The Bertz CT molecular complexity index is 754. The summed E-state index contributed by atoms with van der Waals surface area (Å²) in [6, 6.07) is -0.458. The molecular weight excluding hydrogens is 302 g/mol. The fraction of sp³-hybridized carbons (Fsp3) is 0.500. The molecule has 1 saturated carbocycles. The normalized spacial score (nSPS) is 18.6. The molecule has 23 heavy (non-hydrogen) atoms. The Balaban J connectivity index is 2.00. The van der Waals surface area contributed by atoms with Crippen molar-refractivity contribution in [2.45, 2.75) is 26.3 Å². The number of aromatic nitrogens is 4. The van der Waals surface area contributed by atoms with E-state index in [1.54, 1.807) is 18.4 Å². The zero-order chi connectivity index (χ0) is 16.6. The van der Waals surface area contributed by atoms with Crippen LogP contribution in [0.1, 0.15) is 26.3 Å². The number of nitrogen functional groups attached to an aromatic ring is 1. The molecule has 0 aromatic carbocycles. The third-order valence-corrected chi connectivity index (χ3v) is 3.87. The Labute approximate surface area is 131 Å². The number of esters is 2. The molecular formula is C14H17N5O4. The Morgan fingerprint density at radius 3 is 2.57 bits per heavy atom. The van der Waals surface area contributed by atoms with Crippen LogP contribution >= 0.6 is 0 Å². The van der Waals surface area contributed by atoms with Gasteiger partial charge >= 0.3 is 11.9 Å². The van der Waals surface area contributed by atoms with Crippen LogP contribution in [0.25, 0.3) is 11.2 Å².